The molecule has 0 spiro atoms. The monoisotopic (exact) mass is 334 g/mol. The largest absolute Gasteiger partial charge is 5.00 e. The van der Waals surface area contributed by atoms with E-state index in [4.69, 9.17) is 0 Å². The van der Waals surface area contributed by atoms with Crippen molar-refractivity contribution in [3.05, 3.63) is 0 Å². The summed E-state index contributed by atoms with van der Waals surface area (Å²) < 4.78 is 0. The smallest absolute Gasteiger partial charge is 0.855 e. The quantitative estimate of drug-likeness (QED) is 0.452. The summed E-state index contributed by atoms with van der Waals surface area (Å²) in [6.45, 7) is -1.35. The van der Waals surface area contributed by atoms with Crippen LogP contribution in [-0.4, -0.2) is 61.4 Å². The summed E-state index contributed by atoms with van der Waals surface area (Å²) in [6.07, 6.45) is -10.3. The molecule has 0 aromatic heterocycles. The fourth-order valence-electron chi connectivity index (χ4n) is 0.613. The maximum atomic E-state index is 10.6. The van der Waals surface area contributed by atoms with Crippen LogP contribution in [0, 0.1) is 0 Å². The van der Waals surface area contributed by atoms with Gasteiger partial charge in [-0.2, -0.15) is 18.8 Å². The molecular weight excluding hydrogens is 329 g/mol. The third kappa shape index (κ3) is 7.09. The molecule has 7 nitrogen and oxygen atoms in total. The molecule has 9 heteroatoms. The van der Waals surface area contributed by atoms with Gasteiger partial charge in [-0.3, -0.25) is 0 Å². The van der Waals surface area contributed by atoms with Gasteiger partial charge in [0.1, 0.15) is 0 Å². The van der Waals surface area contributed by atoms with E-state index in [1.165, 1.54) is 0 Å². The van der Waals surface area contributed by atoms with Crippen LogP contribution in [0.15, 0.2) is 0 Å². The minimum absolute atomic E-state index is 0. The fraction of sp³-hybridized carbons (Fsp3) is 0.833. The average Bonchev–Trinajstić information content (AvgIpc) is 2.12. The minimum Gasteiger partial charge on any atom is -0.855 e. The van der Waals surface area contributed by atoms with Crippen LogP contribution in [0.2, 0.25) is 0 Å². The Balaban J connectivity index is -0.000000720. The van der Waals surface area contributed by atoms with Crippen LogP contribution in [0.4, 0.5) is 0 Å². The van der Waals surface area contributed by atoms with E-state index < -0.39 is 37.0 Å². The second-order valence-electron chi connectivity index (χ2n) is 2.37. The molecule has 0 saturated heterocycles. The van der Waals surface area contributed by atoms with Crippen molar-refractivity contribution in [2.24, 2.45) is 0 Å². The number of carbonyl (C=O) groups excluding carboxylic acids is 1. The molecule has 0 bridgehead atoms. The van der Waals surface area contributed by atoms with Crippen LogP contribution in [0.25, 0.3) is 0 Å². The summed E-state index contributed by atoms with van der Waals surface area (Å²) in [5.74, 6) is -2.24. The molecule has 0 radical (unpaired) electrons. The van der Waals surface area contributed by atoms with Gasteiger partial charge in [0.2, 0.25) is 0 Å². The first-order chi connectivity index (χ1) is 5.91. The van der Waals surface area contributed by atoms with Crippen LogP contribution in [-0.2, 0) is 4.79 Å². The molecule has 0 unspecified atom stereocenters. The van der Waals surface area contributed by atoms with Crippen molar-refractivity contribution < 1.29 is 65.0 Å². The molecule has 0 aliphatic carbocycles. The van der Waals surface area contributed by atoms with Gasteiger partial charge < -0.3 is 35.4 Å². The van der Waals surface area contributed by atoms with E-state index in [-0.39, 0.29) is 54.0 Å². The van der Waals surface area contributed by atoms with E-state index in [9.17, 15) is 35.4 Å². The van der Waals surface area contributed by atoms with Crippen LogP contribution < -0.4 is 60.2 Å². The zero-order chi connectivity index (χ0) is 10.6. The first-order valence-corrected chi connectivity index (χ1v) is 3.34. The third-order valence-electron chi connectivity index (χ3n) is 1.39. The molecule has 78 valence electrons. The average molecular weight is 335 g/mol. The molecular formula is C6H6NaO7Sb. The van der Waals surface area contributed by atoms with Crippen LogP contribution >= 0.6 is 0 Å². The van der Waals surface area contributed by atoms with Gasteiger partial charge in [0.25, 0.3) is 0 Å². The topological polar surface area (TPSA) is 155 Å². The molecule has 15 heavy (non-hydrogen) atoms. The summed E-state index contributed by atoms with van der Waals surface area (Å²) in [5, 5.41) is 61.6. The normalized spacial score (nSPS) is 17.7. The third-order valence-corrected chi connectivity index (χ3v) is 1.39. The summed E-state index contributed by atoms with van der Waals surface area (Å²) >= 11 is 0. The Morgan fingerprint density at radius 1 is 1.07 bits per heavy atom. The van der Waals surface area contributed by atoms with E-state index in [0.29, 0.717) is 0 Å². The van der Waals surface area contributed by atoms with E-state index in [1.807, 2.05) is 0 Å². The Morgan fingerprint density at radius 2 is 1.47 bits per heavy atom. The minimum atomic E-state index is -2.80. The van der Waals surface area contributed by atoms with Gasteiger partial charge in [-0.25, -0.2) is 0 Å². The second kappa shape index (κ2) is 10.3. The number of aliphatic carboxylic acids is 1. The van der Waals surface area contributed by atoms with Gasteiger partial charge in [0.05, 0.1) is 0 Å². The van der Waals surface area contributed by atoms with E-state index in [0.717, 1.165) is 0 Å². The molecule has 0 amide bonds. The predicted molar refractivity (Wildman–Crippen MR) is 30.8 cm³/mol. The van der Waals surface area contributed by atoms with Crippen molar-refractivity contribution in [2.75, 3.05) is 6.61 Å². The Morgan fingerprint density at radius 3 is 1.73 bits per heavy atom. The number of rotatable bonds is 5. The molecule has 0 aliphatic rings. The number of carboxylic acid groups (broad SMARTS) is 1. The van der Waals surface area contributed by atoms with E-state index in [2.05, 4.69) is 0 Å². The number of hydrogen-bond donors (Lipinski definition) is 0. The Bertz CT molecular complexity index is 181. The summed E-state index contributed by atoms with van der Waals surface area (Å²) in [4.78, 5) is 9.81. The molecule has 0 aliphatic heterocycles. The molecule has 0 rings (SSSR count). The fourth-order valence-corrected chi connectivity index (χ4v) is 0.613. The summed E-state index contributed by atoms with van der Waals surface area (Å²) in [7, 11) is 0. The second-order valence-corrected chi connectivity index (χ2v) is 2.37. The molecule has 0 saturated carbocycles. The molecule has 0 N–H and O–H groups in total. The van der Waals surface area contributed by atoms with Crippen molar-refractivity contribution in [1.82, 2.24) is 0 Å². The Kier molecular flexibility index (Phi) is 14.6. The zero-order valence-electron chi connectivity index (χ0n) is 7.82. The van der Waals surface area contributed by atoms with Crippen molar-refractivity contribution in [3.63, 3.8) is 0 Å². The molecule has 0 aromatic carbocycles. The standard InChI is InChI=1S/C6H7O7.Na.Sb/c7-1-2(8)3(9)4(10)5(11)6(12)13;;/h2-5H,1H2,(H,12,13);;/q-5;+1;+5/p-1/t2-,3-,4+,5-;;/m1../s1. The van der Waals surface area contributed by atoms with Crippen LogP contribution in [0.1, 0.15) is 0 Å². The van der Waals surface area contributed by atoms with Gasteiger partial charge in [0, 0.05) is 5.97 Å². The predicted octanol–water partition coefficient (Wildman–Crippen LogP) is -11.4. The summed E-state index contributed by atoms with van der Waals surface area (Å²) in [6, 6.07) is 0. The van der Waals surface area contributed by atoms with Crippen molar-refractivity contribution in [1.29, 1.82) is 0 Å². The first-order valence-electron chi connectivity index (χ1n) is 3.34. The molecule has 0 aromatic rings. The molecule has 0 fully saturated rings. The molecule has 4 atom stereocenters. The van der Waals surface area contributed by atoms with Gasteiger partial charge in [-0.15, -0.1) is 6.10 Å². The number of carbonyl (C=O) groups is 1. The first kappa shape index (κ1) is 21.4. The van der Waals surface area contributed by atoms with Crippen molar-refractivity contribution >= 4 is 30.4 Å². The van der Waals surface area contributed by atoms with E-state index >= 15 is 0 Å². The SMILES string of the molecule is O=C([O-])[C@H]([O-])[C@@H]([O-])[C@H]([O-])[C@H]([O-])C[O-].[Na+].[Sb+5]. The summed E-state index contributed by atoms with van der Waals surface area (Å²) in [5.41, 5.74) is 0. The van der Waals surface area contributed by atoms with Gasteiger partial charge >= 0.3 is 54.0 Å². The Labute approximate surface area is 125 Å². The van der Waals surface area contributed by atoms with Crippen molar-refractivity contribution in [3.8, 4) is 0 Å². The van der Waals surface area contributed by atoms with Crippen molar-refractivity contribution in [2.45, 2.75) is 24.4 Å². The van der Waals surface area contributed by atoms with Gasteiger partial charge in [-0.1, -0.05) is 6.10 Å². The van der Waals surface area contributed by atoms with Crippen LogP contribution in [0.5, 0.6) is 0 Å². The zero-order valence-corrected chi connectivity index (χ0v) is 12.4. The maximum absolute atomic E-state index is 10.6. The van der Waals surface area contributed by atoms with Gasteiger partial charge in [0.15, 0.2) is 0 Å². The van der Waals surface area contributed by atoms with Crippen LogP contribution in [0.3, 0.4) is 0 Å². The maximum Gasteiger partial charge on any atom is 5.00 e. The number of hydrogen-bond acceptors (Lipinski definition) is 7. The van der Waals surface area contributed by atoms with E-state index in [1.54, 1.807) is 0 Å². The van der Waals surface area contributed by atoms with Gasteiger partial charge in [-0.05, 0) is 0 Å². The molecule has 0 heterocycles. The Hall–Kier alpha value is 1.09. The number of carboxylic acids is 1.